The standard InChI is InChI=1S/C15H20F3N3O2/c1-10-5-4-6-12(11(10)2)20-14(23)8-21(3)7-13(22)19-9-15(16,17)18/h4-6H,7-9H2,1-3H3,(H,19,22)(H,20,23). The lowest BCUT2D eigenvalue weighted by Gasteiger charge is -2.17. The first-order chi connectivity index (χ1) is 10.6. The van der Waals surface area contributed by atoms with Crippen LogP contribution in [0.5, 0.6) is 0 Å². The number of amides is 2. The number of benzene rings is 1. The van der Waals surface area contributed by atoms with Crippen LogP contribution in [0.4, 0.5) is 18.9 Å². The van der Waals surface area contributed by atoms with Gasteiger partial charge in [0.05, 0.1) is 13.1 Å². The molecule has 1 aromatic carbocycles. The average molecular weight is 331 g/mol. The molecule has 0 spiro atoms. The maximum atomic E-state index is 12.0. The average Bonchev–Trinajstić information content (AvgIpc) is 2.40. The Labute approximate surface area is 132 Å². The van der Waals surface area contributed by atoms with Crippen molar-refractivity contribution >= 4 is 17.5 Å². The summed E-state index contributed by atoms with van der Waals surface area (Å²) in [5.41, 5.74) is 2.64. The molecule has 0 saturated heterocycles. The van der Waals surface area contributed by atoms with Gasteiger partial charge in [0.2, 0.25) is 11.8 Å². The van der Waals surface area contributed by atoms with Crippen molar-refractivity contribution in [3.05, 3.63) is 29.3 Å². The van der Waals surface area contributed by atoms with E-state index in [1.54, 1.807) is 11.4 Å². The molecule has 5 nitrogen and oxygen atoms in total. The van der Waals surface area contributed by atoms with E-state index in [9.17, 15) is 22.8 Å². The van der Waals surface area contributed by atoms with Gasteiger partial charge in [0.1, 0.15) is 6.54 Å². The minimum absolute atomic E-state index is 0.104. The van der Waals surface area contributed by atoms with Crippen molar-refractivity contribution in [2.45, 2.75) is 20.0 Å². The first kappa shape index (κ1) is 19.0. The second-order valence-corrected chi connectivity index (χ2v) is 5.36. The van der Waals surface area contributed by atoms with E-state index < -0.39 is 18.6 Å². The fraction of sp³-hybridized carbons (Fsp3) is 0.467. The first-order valence-electron chi connectivity index (χ1n) is 6.96. The summed E-state index contributed by atoms with van der Waals surface area (Å²) in [6.45, 7) is 2.01. The van der Waals surface area contributed by atoms with Crippen molar-refractivity contribution in [1.82, 2.24) is 10.2 Å². The molecule has 0 aliphatic heterocycles. The van der Waals surface area contributed by atoms with Crippen molar-refractivity contribution in [1.29, 1.82) is 0 Å². The Morgan fingerprint density at radius 3 is 2.35 bits per heavy atom. The summed E-state index contributed by atoms with van der Waals surface area (Å²) >= 11 is 0. The molecule has 0 aliphatic carbocycles. The number of alkyl halides is 3. The highest BCUT2D eigenvalue weighted by Crippen LogP contribution is 2.17. The number of carbonyl (C=O) groups is 2. The van der Waals surface area contributed by atoms with Crippen LogP contribution in [0.15, 0.2) is 18.2 Å². The third-order valence-electron chi connectivity index (χ3n) is 3.19. The number of nitrogens with zero attached hydrogens (tertiary/aromatic N) is 1. The van der Waals surface area contributed by atoms with Crippen molar-refractivity contribution in [2.75, 3.05) is 32.0 Å². The number of hydrogen-bond acceptors (Lipinski definition) is 3. The van der Waals surface area contributed by atoms with Crippen LogP contribution in [-0.4, -0.2) is 49.6 Å². The lowest BCUT2D eigenvalue weighted by atomic mass is 10.1. The number of aryl methyl sites for hydroxylation is 1. The molecule has 2 N–H and O–H groups in total. The Kier molecular flexibility index (Phi) is 6.56. The third-order valence-corrected chi connectivity index (χ3v) is 3.19. The van der Waals surface area contributed by atoms with Gasteiger partial charge in [-0.1, -0.05) is 12.1 Å². The van der Waals surface area contributed by atoms with Crippen LogP contribution in [-0.2, 0) is 9.59 Å². The van der Waals surface area contributed by atoms with Crippen LogP contribution >= 0.6 is 0 Å². The number of hydrogen-bond donors (Lipinski definition) is 2. The summed E-state index contributed by atoms with van der Waals surface area (Å²) in [6.07, 6.45) is -4.45. The summed E-state index contributed by atoms with van der Waals surface area (Å²) in [4.78, 5) is 24.6. The summed E-state index contributed by atoms with van der Waals surface area (Å²) < 4.78 is 36.0. The Morgan fingerprint density at radius 2 is 1.74 bits per heavy atom. The van der Waals surface area contributed by atoms with Gasteiger partial charge >= 0.3 is 6.18 Å². The highest BCUT2D eigenvalue weighted by Gasteiger charge is 2.27. The van der Waals surface area contributed by atoms with Gasteiger partial charge in [0.15, 0.2) is 0 Å². The van der Waals surface area contributed by atoms with E-state index in [1.165, 1.54) is 11.9 Å². The molecule has 0 fully saturated rings. The predicted molar refractivity (Wildman–Crippen MR) is 81.1 cm³/mol. The Bertz CT molecular complexity index is 574. The largest absolute Gasteiger partial charge is 0.405 e. The predicted octanol–water partition coefficient (Wildman–Crippen LogP) is 1.85. The van der Waals surface area contributed by atoms with E-state index in [1.807, 2.05) is 26.0 Å². The zero-order valence-electron chi connectivity index (χ0n) is 13.3. The van der Waals surface area contributed by atoms with Gasteiger partial charge in [-0.3, -0.25) is 14.5 Å². The fourth-order valence-corrected chi connectivity index (χ4v) is 1.88. The minimum atomic E-state index is -4.45. The summed E-state index contributed by atoms with van der Waals surface area (Å²) in [6, 6.07) is 5.49. The van der Waals surface area contributed by atoms with Crippen LogP contribution in [0.3, 0.4) is 0 Å². The number of nitrogens with one attached hydrogen (secondary N) is 2. The number of anilines is 1. The van der Waals surface area contributed by atoms with Crippen molar-refractivity contribution in [3.63, 3.8) is 0 Å². The van der Waals surface area contributed by atoms with Crippen LogP contribution in [0.1, 0.15) is 11.1 Å². The van der Waals surface area contributed by atoms with Crippen LogP contribution in [0.25, 0.3) is 0 Å². The lowest BCUT2D eigenvalue weighted by Crippen LogP contribution is -2.42. The smallest absolute Gasteiger partial charge is 0.346 e. The van der Waals surface area contributed by atoms with E-state index in [2.05, 4.69) is 5.32 Å². The van der Waals surface area contributed by atoms with Gasteiger partial charge in [-0.05, 0) is 38.1 Å². The maximum absolute atomic E-state index is 12.0. The molecule has 128 valence electrons. The highest BCUT2D eigenvalue weighted by molar-refractivity contribution is 5.93. The van der Waals surface area contributed by atoms with Gasteiger partial charge < -0.3 is 10.6 Å². The van der Waals surface area contributed by atoms with Gasteiger partial charge in [-0.25, -0.2) is 0 Å². The Balaban J connectivity index is 2.44. The maximum Gasteiger partial charge on any atom is 0.405 e. The molecule has 1 aromatic rings. The normalized spacial score (nSPS) is 11.4. The number of rotatable bonds is 6. The second-order valence-electron chi connectivity index (χ2n) is 5.36. The SMILES string of the molecule is Cc1cccc(NC(=O)CN(C)CC(=O)NCC(F)(F)F)c1C. The molecule has 0 radical (unpaired) electrons. The zero-order chi connectivity index (χ0) is 17.6. The van der Waals surface area contributed by atoms with E-state index in [0.717, 1.165) is 11.1 Å². The van der Waals surface area contributed by atoms with Crippen molar-refractivity contribution in [3.8, 4) is 0 Å². The van der Waals surface area contributed by atoms with Gasteiger partial charge in [0, 0.05) is 5.69 Å². The molecule has 0 heterocycles. The molecule has 0 aromatic heterocycles. The van der Waals surface area contributed by atoms with E-state index in [4.69, 9.17) is 0 Å². The number of halogens is 3. The highest BCUT2D eigenvalue weighted by atomic mass is 19.4. The summed E-state index contributed by atoms with van der Waals surface area (Å²) in [5, 5.41) is 4.47. The van der Waals surface area contributed by atoms with E-state index >= 15 is 0 Å². The first-order valence-corrected chi connectivity index (χ1v) is 6.96. The van der Waals surface area contributed by atoms with Crippen molar-refractivity contribution in [2.24, 2.45) is 0 Å². The molecule has 23 heavy (non-hydrogen) atoms. The van der Waals surface area contributed by atoms with Gasteiger partial charge in [0.25, 0.3) is 0 Å². The second kappa shape index (κ2) is 7.96. The van der Waals surface area contributed by atoms with Gasteiger partial charge in [-0.15, -0.1) is 0 Å². The monoisotopic (exact) mass is 331 g/mol. The fourth-order valence-electron chi connectivity index (χ4n) is 1.88. The quantitative estimate of drug-likeness (QED) is 0.836. The lowest BCUT2D eigenvalue weighted by molar-refractivity contribution is -0.139. The van der Waals surface area contributed by atoms with Crippen LogP contribution in [0, 0.1) is 13.8 Å². The molecule has 1 rings (SSSR count). The Morgan fingerprint density at radius 1 is 1.13 bits per heavy atom. The molecule has 0 unspecified atom stereocenters. The van der Waals surface area contributed by atoms with E-state index in [0.29, 0.717) is 5.69 Å². The number of carbonyl (C=O) groups excluding carboxylic acids is 2. The molecule has 8 heteroatoms. The Hall–Kier alpha value is -2.09. The third kappa shape index (κ3) is 7.14. The molecule has 2 amide bonds. The zero-order valence-corrected chi connectivity index (χ0v) is 13.3. The molecular weight excluding hydrogens is 311 g/mol. The summed E-state index contributed by atoms with van der Waals surface area (Å²) in [7, 11) is 1.48. The minimum Gasteiger partial charge on any atom is -0.346 e. The van der Waals surface area contributed by atoms with Crippen molar-refractivity contribution < 1.29 is 22.8 Å². The molecule has 0 saturated carbocycles. The molecular formula is C15H20F3N3O2. The van der Waals surface area contributed by atoms with Crippen LogP contribution < -0.4 is 10.6 Å². The van der Waals surface area contributed by atoms with Gasteiger partial charge in [-0.2, -0.15) is 13.2 Å². The number of likely N-dealkylation sites (N-methyl/N-ethyl adjacent to an activating group) is 1. The van der Waals surface area contributed by atoms with E-state index in [-0.39, 0.29) is 19.0 Å². The molecule has 0 bridgehead atoms. The topological polar surface area (TPSA) is 61.4 Å². The molecule has 0 aliphatic rings. The van der Waals surface area contributed by atoms with Crippen LogP contribution in [0.2, 0.25) is 0 Å². The summed E-state index contributed by atoms with van der Waals surface area (Å²) in [5.74, 6) is -1.13. The molecule has 0 atom stereocenters.